The lowest BCUT2D eigenvalue weighted by Crippen LogP contribution is -2.35. The van der Waals surface area contributed by atoms with E-state index in [1.54, 1.807) is 6.26 Å². The van der Waals surface area contributed by atoms with Gasteiger partial charge in [-0.2, -0.15) is 0 Å². The molecule has 4 rings (SSSR count). The number of imidazole rings is 1. The molecule has 0 unspecified atom stereocenters. The molecule has 2 aromatic heterocycles. The number of carbonyl (C=O) groups excluding carboxylic acids is 1. The number of aromatic nitrogens is 2. The summed E-state index contributed by atoms with van der Waals surface area (Å²) in [6.45, 7) is 3.86. The first kappa shape index (κ1) is 18.5. The van der Waals surface area contributed by atoms with Gasteiger partial charge in [-0.3, -0.25) is 4.79 Å². The Balaban J connectivity index is 1.54. The van der Waals surface area contributed by atoms with E-state index < -0.39 is 0 Å². The monoisotopic (exact) mass is 377 g/mol. The minimum atomic E-state index is 0.134. The van der Waals surface area contributed by atoms with Crippen molar-refractivity contribution in [1.29, 1.82) is 0 Å². The van der Waals surface area contributed by atoms with Crippen LogP contribution < -0.4 is 0 Å². The molecule has 0 radical (unpaired) electrons. The number of rotatable bonds is 7. The van der Waals surface area contributed by atoms with Crippen molar-refractivity contribution in [1.82, 2.24) is 14.5 Å². The molecule has 1 aliphatic rings. The third kappa shape index (κ3) is 4.19. The third-order valence-corrected chi connectivity index (χ3v) is 5.68. The minimum absolute atomic E-state index is 0.134. The number of amides is 1. The lowest BCUT2D eigenvalue weighted by atomic mass is 10.1. The van der Waals surface area contributed by atoms with E-state index in [0.29, 0.717) is 13.1 Å². The van der Waals surface area contributed by atoms with Crippen molar-refractivity contribution in [3.8, 4) is 0 Å². The van der Waals surface area contributed by atoms with Crippen molar-refractivity contribution >= 4 is 5.91 Å². The van der Waals surface area contributed by atoms with Gasteiger partial charge in [-0.1, -0.05) is 37.1 Å². The Morgan fingerprint density at radius 2 is 2.00 bits per heavy atom. The summed E-state index contributed by atoms with van der Waals surface area (Å²) in [5.41, 5.74) is 2.53. The zero-order chi connectivity index (χ0) is 19.3. The van der Waals surface area contributed by atoms with Gasteiger partial charge in [0.1, 0.15) is 11.6 Å². The zero-order valence-electron chi connectivity index (χ0n) is 16.4. The molecular formula is C23H27N3O2. The van der Waals surface area contributed by atoms with Crippen LogP contribution in [0.5, 0.6) is 0 Å². The summed E-state index contributed by atoms with van der Waals surface area (Å²) >= 11 is 0. The van der Waals surface area contributed by atoms with Crippen LogP contribution in [0.25, 0.3) is 0 Å². The van der Waals surface area contributed by atoms with Gasteiger partial charge in [0.2, 0.25) is 5.91 Å². The predicted molar refractivity (Wildman–Crippen MR) is 107 cm³/mol. The highest BCUT2D eigenvalue weighted by Crippen LogP contribution is 2.28. The summed E-state index contributed by atoms with van der Waals surface area (Å²) < 4.78 is 7.65. The Hall–Kier alpha value is -2.82. The molecule has 5 nitrogen and oxygen atoms in total. The fourth-order valence-electron chi connectivity index (χ4n) is 4.01. The van der Waals surface area contributed by atoms with E-state index >= 15 is 0 Å². The SMILES string of the molecule is Cc1ccccc1Cn1ccnc1CN(Cc1ccco1)C(=O)C1CCCC1. The summed E-state index contributed by atoms with van der Waals surface area (Å²) in [4.78, 5) is 19.6. The molecule has 0 aliphatic heterocycles. The maximum Gasteiger partial charge on any atom is 0.226 e. The molecule has 1 saturated carbocycles. The highest BCUT2D eigenvalue weighted by molar-refractivity contribution is 5.79. The second kappa shape index (κ2) is 8.46. The fraction of sp³-hybridized carbons (Fsp3) is 0.391. The Bertz CT molecular complexity index is 908. The molecule has 1 aliphatic carbocycles. The Morgan fingerprint density at radius 1 is 1.18 bits per heavy atom. The van der Waals surface area contributed by atoms with Gasteiger partial charge in [0.15, 0.2) is 0 Å². The van der Waals surface area contributed by atoms with Crippen LogP contribution in [0.4, 0.5) is 0 Å². The summed E-state index contributed by atoms with van der Waals surface area (Å²) in [6, 6.07) is 12.2. The van der Waals surface area contributed by atoms with E-state index in [4.69, 9.17) is 4.42 Å². The summed E-state index contributed by atoms with van der Waals surface area (Å²) in [6.07, 6.45) is 9.74. The van der Waals surface area contributed by atoms with Crippen LogP contribution in [0, 0.1) is 12.8 Å². The van der Waals surface area contributed by atoms with Crippen molar-refractivity contribution in [3.63, 3.8) is 0 Å². The lowest BCUT2D eigenvalue weighted by Gasteiger charge is -2.25. The maximum absolute atomic E-state index is 13.2. The van der Waals surface area contributed by atoms with Gasteiger partial charge in [0.25, 0.3) is 0 Å². The van der Waals surface area contributed by atoms with Gasteiger partial charge in [-0.15, -0.1) is 0 Å². The smallest absolute Gasteiger partial charge is 0.226 e. The Morgan fingerprint density at radius 3 is 2.75 bits per heavy atom. The largest absolute Gasteiger partial charge is 0.467 e. The van der Waals surface area contributed by atoms with Crippen molar-refractivity contribution in [3.05, 3.63) is 77.8 Å². The van der Waals surface area contributed by atoms with E-state index in [1.807, 2.05) is 29.4 Å². The van der Waals surface area contributed by atoms with Crippen LogP contribution in [0.15, 0.2) is 59.5 Å². The van der Waals surface area contributed by atoms with E-state index in [-0.39, 0.29) is 11.8 Å². The first-order chi connectivity index (χ1) is 13.7. The number of furan rings is 1. The summed E-state index contributed by atoms with van der Waals surface area (Å²) in [7, 11) is 0. The van der Waals surface area contributed by atoms with E-state index in [1.165, 1.54) is 11.1 Å². The highest BCUT2D eigenvalue weighted by Gasteiger charge is 2.28. The minimum Gasteiger partial charge on any atom is -0.467 e. The topological polar surface area (TPSA) is 51.3 Å². The van der Waals surface area contributed by atoms with Gasteiger partial charge < -0.3 is 13.9 Å². The molecule has 0 saturated heterocycles. The van der Waals surface area contributed by atoms with Gasteiger partial charge in [-0.05, 0) is 43.0 Å². The number of nitrogens with zero attached hydrogens (tertiary/aromatic N) is 3. The molecule has 3 aromatic rings. The molecule has 0 N–H and O–H groups in total. The lowest BCUT2D eigenvalue weighted by molar-refractivity contribution is -0.137. The van der Waals surface area contributed by atoms with Crippen LogP contribution in [0.1, 0.15) is 48.4 Å². The maximum atomic E-state index is 13.2. The molecule has 2 heterocycles. The van der Waals surface area contributed by atoms with Crippen LogP contribution >= 0.6 is 0 Å². The van der Waals surface area contributed by atoms with Crippen molar-refractivity contribution in [2.45, 2.75) is 52.2 Å². The molecule has 28 heavy (non-hydrogen) atoms. The van der Waals surface area contributed by atoms with Gasteiger partial charge in [0.05, 0.1) is 19.4 Å². The average Bonchev–Trinajstić information content (AvgIpc) is 3.46. The molecule has 1 aromatic carbocycles. The molecular weight excluding hydrogens is 350 g/mol. The van der Waals surface area contributed by atoms with Crippen LogP contribution in [-0.2, 0) is 24.4 Å². The average molecular weight is 377 g/mol. The summed E-state index contributed by atoms with van der Waals surface area (Å²) in [5, 5.41) is 0. The third-order valence-electron chi connectivity index (χ3n) is 5.68. The first-order valence-corrected chi connectivity index (χ1v) is 10.1. The molecule has 1 amide bonds. The van der Waals surface area contributed by atoms with Gasteiger partial charge in [0, 0.05) is 24.9 Å². The van der Waals surface area contributed by atoms with E-state index in [9.17, 15) is 4.79 Å². The molecule has 1 fully saturated rings. The van der Waals surface area contributed by atoms with Crippen molar-refractivity contribution < 1.29 is 9.21 Å². The van der Waals surface area contributed by atoms with Crippen LogP contribution in [0.3, 0.4) is 0 Å². The number of hydrogen-bond donors (Lipinski definition) is 0. The first-order valence-electron chi connectivity index (χ1n) is 10.1. The second-order valence-electron chi connectivity index (χ2n) is 7.65. The highest BCUT2D eigenvalue weighted by atomic mass is 16.3. The quantitative estimate of drug-likeness (QED) is 0.607. The number of aryl methyl sites for hydroxylation is 1. The number of hydrogen-bond acceptors (Lipinski definition) is 3. The fourth-order valence-corrected chi connectivity index (χ4v) is 4.01. The zero-order valence-corrected chi connectivity index (χ0v) is 16.4. The second-order valence-corrected chi connectivity index (χ2v) is 7.65. The van der Waals surface area contributed by atoms with Crippen molar-refractivity contribution in [2.75, 3.05) is 0 Å². The molecule has 0 spiro atoms. The number of benzene rings is 1. The normalized spacial score (nSPS) is 14.5. The number of carbonyl (C=O) groups is 1. The standard InChI is InChI=1S/C23H27N3O2/c1-18-7-2-3-10-20(18)15-25-13-12-24-22(25)17-26(16-21-11-6-14-28-21)23(27)19-8-4-5-9-19/h2-3,6-7,10-14,19H,4-5,8-9,15-17H2,1H3. The molecule has 146 valence electrons. The molecule has 0 atom stereocenters. The van der Waals surface area contributed by atoms with E-state index in [0.717, 1.165) is 43.8 Å². The van der Waals surface area contributed by atoms with Crippen LogP contribution in [0.2, 0.25) is 0 Å². The molecule has 5 heteroatoms. The Kier molecular flexibility index (Phi) is 5.60. The van der Waals surface area contributed by atoms with Crippen LogP contribution in [-0.4, -0.2) is 20.4 Å². The van der Waals surface area contributed by atoms with E-state index in [2.05, 4.69) is 40.7 Å². The predicted octanol–water partition coefficient (Wildman–Crippen LogP) is 4.55. The van der Waals surface area contributed by atoms with Crippen molar-refractivity contribution in [2.24, 2.45) is 5.92 Å². The Labute approximate surface area is 166 Å². The van der Waals surface area contributed by atoms with Gasteiger partial charge in [-0.25, -0.2) is 4.98 Å². The molecule has 0 bridgehead atoms. The van der Waals surface area contributed by atoms with Gasteiger partial charge >= 0.3 is 0 Å². The summed E-state index contributed by atoms with van der Waals surface area (Å²) in [5.74, 6) is 2.07.